The minimum absolute atomic E-state index is 0.213. The monoisotopic (exact) mass is 407 g/mol. The number of aromatic nitrogens is 6. The Morgan fingerprint density at radius 2 is 1.72 bits per heavy atom. The van der Waals surface area contributed by atoms with Crippen LogP contribution in [0.15, 0.2) is 65.7 Å². The fraction of sp³-hybridized carbons (Fsp3) is 0.0526. The molecular weight excluding hydrogens is 394 g/mol. The van der Waals surface area contributed by atoms with Gasteiger partial charge >= 0.3 is 0 Å². The Balaban J connectivity index is 1.60. The molecule has 1 amide bonds. The molecule has 0 saturated carbocycles. The molecule has 4 rings (SSSR count). The zero-order valence-corrected chi connectivity index (χ0v) is 15.9. The largest absolute Gasteiger partial charge is 0.320 e. The zero-order chi connectivity index (χ0) is 20.4. The van der Waals surface area contributed by atoms with Crippen LogP contribution in [0.5, 0.6) is 0 Å². The Morgan fingerprint density at radius 3 is 2.38 bits per heavy atom. The van der Waals surface area contributed by atoms with E-state index in [9.17, 15) is 9.59 Å². The lowest BCUT2D eigenvalue weighted by Crippen LogP contribution is -2.26. The number of amides is 1. The van der Waals surface area contributed by atoms with Crippen molar-refractivity contribution >= 4 is 23.2 Å². The molecule has 0 aliphatic carbocycles. The molecule has 0 atom stereocenters. The van der Waals surface area contributed by atoms with Crippen LogP contribution in [0.1, 0.15) is 16.2 Å². The van der Waals surface area contributed by atoms with Crippen LogP contribution in [0, 0.1) is 6.92 Å². The lowest BCUT2D eigenvalue weighted by Gasteiger charge is -2.11. The maximum atomic E-state index is 12.7. The van der Waals surface area contributed by atoms with Gasteiger partial charge in [-0.25, -0.2) is 9.36 Å². The fourth-order valence-corrected chi connectivity index (χ4v) is 2.84. The Hall–Kier alpha value is -3.85. The number of halogens is 1. The molecule has 2 aromatic carbocycles. The van der Waals surface area contributed by atoms with Gasteiger partial charge in [0.2, 0.25) is 5.43 Å². The van der Waals surface area contributed by atoms with E-state index in [-0.39, 0.29) is 5.69 Å². The van der Waals surface area contributed by atoms with Crippen molar-refractivity contribution < 1.29 is 4.79 Å². The fourth-order valence-electron chi connectivity index (χ4n) is 2.72. The average molecular weight is 408 g/mol. The molecule has 0 saturated heterocycles. The number of carbonyl (C=O) groups excluding carboxylic acids is 1. The second-order valence-corrected chi connectivity index (χ2v) is 6.58. The average Bonchev–Trinajstić information content (AvgIpc) is 3.24. The molecule has 2 aromatic heterocycles. The highest BCUT2D eigenvalue weighted by Crippen LogP contribution is 2.15. The van der Waals surface area contributed by atoms with Gasteiger partial charge in [-0.3, -0.25) is 9.59 Å². The Morgan fingerprint density at radius 1 is 1.03 bits per heavy atom. The number of hydrogen-bond acceptors (Lipinski definition) is 6. The van der Waals surface area contributed by atoms with Gasteiger partial charge < -0.3 is 5.32 Å². The molecule has 29 heavy (non-hydrogen) atoms. The third kappa shape index (κ3) is 3.90. The predicted molar refractivity (Wildman–Crippen MR) is 107 cm³/mol. The van der Waals surface area contributed by atoms with E-state index in [0.717, 1.165) is 5.69 Å². The highest BCUT2D eigenvalue weighted by atomic mass is 35.5. The van der Waals surface area contributed by atoms with Gasteiger partial charge in [0.1, 0.15) is 6.33 Å². The number of tetrazole rings is 1. The van der Waals surface area contributed by atoms with Crippen LogP contribution in [0.4, 0.5) is 5.69 Å². The summed E-state index contributed by atoms with van der Waals surface area (Å²) in [5, 5.41) is 18.4. The highest BCUT2D eigenvalue weighted by Gasteiger charge is 2.16. The van der Waals surface area contributed by atoms with Crippen molar-refractivity contribution in [2.75, 3.05) is 5.32 Å². The molecule has 0 unspecified atom stereocenters. The van der Waals surface area contributed by atoms with Crippen molar-refractivity contribution in [3.8, 4) is 11.4 Å². The van der Waals surface area contributed by atoms with Gasteiger partial charge in [0.15, 0.2) is 5.69 Å². The van der Waals surface area contributed by atoms with Gasteiger partial charge in [0.25, 0.3) is 5.91 Å². The van der Waals surface area contributed by atoms with Crippen LogP contribution in [-0.4, -0.2) is 35.9 Å². The van der Waals surface area contributed by atoms with Crippen LogP contribution in [0.3, 0.4) is 0 Å². The first-order chi connectivity index (χ1) is 14.0. The molecule has 9 nitrogen and oxygen atoms in total. The van der Waals surface area contributed by atoms with Crippen LogP contribution in [0.25, 0.3) is 11.4 Å². The normalized spacial score (nSPS) is 10.7. The van der Waals surface area contributed by atoms with Gasteiger partial charge in [-0.2, -0.15) is 5.10 Å². The van der Waals surface area contributed by atoms with Crippen molar-refractivity contribution in [3.63, 3.8) is 0 Å². The summed E-state index contributed by atoms with van der Waals surface area (Å²) in [6.45, 7) is 1.74. The lowest BCUT2D eigenvalue weighted by atomic mass is 10.2. The summed E-state index contributed by atoms with van der Waals surface area (Å²) < 4.78 is 3.01. The molecule has 0 radical (unpaired) electrons. The second kappa shape index (κ2) is 7.64. The quantitative estimate of drug-likeness (QED) is 0.556. The molecule has 0 spiro atoms. The van der Waals surface area contributed by atoms with Crippen molar-refractivity contribution in [2.45, 2.75) is 6.92 Å². The third-order valence-corrected chi connectivity index (χ3v) is 4.38. The Labute approximate surface area is 169 Å². The summed E-state index contributed by atoms with van der Waals surface area (Å²) in [5.74, 6) is -0.604. The highest BCUT2D eigenvalue weighted by molar-refractivity contribution is 6.30. The molecule has 2 heterocycles. The van der Waals surface area contributed by atoms with Crippen LogP contribution < -0.4 is 10.7 Å². The minimum atomic E-state index is -0.604. The molecule has 0 aliphatic rings. The summed E-state index contributed by atoms with van der Waals surface area (Å²) in [7, 11) is 0. The van der Waals surface area contributed by atoms with E-state index in [1.165, 1.54) is 21.8 Å². The smallest absolute Gasteiger partial charge is 0.280 e. The topological polar surface area (TPSA) is 108 Å². The predicted octanol–water partition coefficient (Wildman–Crippen LogP) is 2.42. The molecule has 4 aromatic rings. The first-order valence-corrected chi connectivity index (χ1v) is 8.91. The van der Waals surface area contributed by atoms with Crippen molar-refractivity contribution in [2.24, 2.45) is 0 Å². The molecule has 0 fully saturated rings. The van der Waals surface area contributed by atoms with E-state index >= 15 is 0 Å². The van der Waals surface area contributed by atoms with Crippen molar-refractivity contribution in [3.05, 3.63) is 87.6 Å². The van der Waals surface area contributed by atoms with Gasteiger partial charge in [0, 0.05) is 22.5 Å². The van der Waals surface area contributed by atoms with E-state index in [2.05, 4.69) is 25.9 Å². The Bertz CT molecular complexity index is 1220. The summed E-state index contributed by atoms with van der Waals surface area (Å²) in [5.41, 5.74) is 1.84. The van der Waals surface area contributed by atoms with Gasteiger partial charge in [-0.15, -0.1) is 5.10 Å². The Kier molecular flexibility index (Phi) is 4.88. The summed E-state index contributed by atoms with van der Waals surface area (Å²) >= 11 is 5.92. The maximum Gasteiger partial charge on any atom is 0.280 e. The number of nitrogens with zero attached hydrogens (tertiary/aromatic N) is 6. The zero-order valence-electron chi connectivity index (χ0n) is 15.2. The molecule has 0 bridgehead atoms. The SMILES string of the molecule is Cc1cc(=O)c(C(=O)Nc2ccc(-n3cnnn3)cc2)nn1-c1ccc(Cl)cc1. The van der Waals surface area contributed by atoms with Crippen molar-refractivity contribution in [1.82, 2.24) is 30.0 Å². The summed E-state index contributed by atoms with van der Waals surface area (Å²) in [6, 6.07) is 15.1. The van der Waals surface area contributed by atoms with E-state index in [4.69, 9.17) is 11.6 Å². The van der Waals surface area contributed by atoms with Gasteiger partial charge in [0.05, 0.1) is 11.4 Å². The molecular formula is C19H14ClN7O2. The number of nitrogens with one attached hydrogen (secondary N) is 1. The lowest BCUT2D eigenvalue weighted by molar-refractivity contribution is 0.101. The molecule has 10 heteroatoms. The van der Waals surface area contributed by atoms with Gasteiger partial charge in [-0.1, -0.05) is 11.6 Å². The number of anilines is 1. The number of hydrogen-bond donors (Lipinski definition) is 1. The van der Waals surface area contributed by atoms with E-state index in [1.54, 1.807) is 55.5 Å². The number of aryl methyl sites for hydroxylation is 1. The number of benzene rings is 2. The summed E-state index contributed by atoms with van der Waals surface area (Å²) in [6.07, 6.45) is 1.46. The van der Waals surface area contributed by atoms with E-state index < -0.39 is 11.3 Å². The molecule has 0 aliphatic heterocycles. The number of rotatable bonds is 4. The van der Waals surface area contributed by atoms with Crippen LogP contribution in [-0.2, 0) is 0 Å². The van der Waals surface area contributed by atoms with Crippen LogP contribution in [0.2, 0.25) is 5.02 Å². The van der Waals surface area contributed by atoms with Crippen LogP contribution >= 0.6 is 11.6 Å². The minimum Gasteiger partial charge on any atom is -0.320 e. The molecule has 144 valence electrons. The third-order valence-electron chi connectivity index (χ3n) is 4.13. The van der Waals surface area contributed by atoms with E-state index in [1.807, 2.05) is 0 Å². The first kappa shape index (κ1) is 18.5. The van der Waals surface area contributed by atoms with E-state index in [0.29, 0.717) is 22.1 Å². The number of carbonyl (C=O) groups is 1. The maximum absolute atomic E-state index is 12.7. The standard InChI is InChI=1S/C19H14ClN7O2/c1-12-10-17(28)18(23-27(12)16-6-2-13(20)3-7-16)19(29)22-14-4-8-15(9-5-14)26-11-21-24-25-26/h2-11H,1H3,(H,22,29). The molecule has 1 N–H and O–H groups in total. The second-order valence-electron chi connectivity index (χ2n) is 6.14. The summed E-state index contributed by atoms with van der Waals surface area (Å²) in [4.78, 5) is 25.0. The van der Waals surface area contributed by atoms with Gasteiger partial charge in [-0.05, 0) is 65.9 Å². The van der Waals surface area contributed by atoms with Crippen molar-refractivity contribution in [1.29, 1.82) is 0 Å². The first-order valence-electron chi connectivity index (χ1n) is 8.53.